The van der Waals surface area contributed by atoms with Crippen LogP contribution in [0.3, 0.4) is 0 Å². The molecular formula is C20H18ClNO3S. The molecule has 0 aromatic heterocycles. The van der Waals surface area contributed by atoms with Gasteiger partial charge in [-0.05, 0) is 35.9 Å². The fourth-order valence-electron chi connectivity index (χ4n) is 2.58. The number of halogens is 1. The number of sulfonamides is 1. The Labute approximate surface area is 158 Å². The summed E-state index contributed by atoms with van der Waals surface area (Å²) in [6.07, 6.45) is 0. The van der Waals surface area contributed by atoms with E-state index in [0.29, 0.717) is 16.5 Å². The molecule has 0 atom stereocenters. The minimum atomic E-state index is -3.77. The minimum Gasteiger partial charge on any atom is -0.497 e. The molecule has 0 spiro atoms. The van der Waals surface area contributed by atoms with Gasteiger partial charge in [0.25, 0.3) is 10.0 Å². The van der Waals surface area contributed by atoms with Crippen LogP contribution in [0.1, 0.15) is 5.56 Å². The van der Waals surface area contributed by atoms with Gasteiger partial charge in [0.15, 0.2) is 0 Å². The van der Waals surface area contributed by atoms with Crippen LogP contribution in [0.5, 0.6) is 5.75 Å². The molecule has 0 bridgehead atoms. The van der Waals surface area contributed by atoms with Gasteiger partial charge < -0.3 is 4.74 Å². The highest BCUT2D eigenvalue weighted by molar-refractivity contribution is 7.92. The molecule has 0 unspecified atom stereocenters. The van der Waals surface area contributed by atoms with Gasteiger partial charge in [0.2, 0.25) is 0 Å². The lowest BCUT2D eigenvalue weighted by Crippen LogP contribution is -2.30. The predicted octanol–water partition coefficient (Wildman–Crippen LogP) is 4.74. The molecule has 0 heterocycles. The average molecular weight is 388 g/mol. The summed E-state index contributed by atoms with van der Waals surface area (Å²) in [5.74, 6) is 0.579. The Morgan fingerprint density at radius 3 is 2.31 bits per heavy atom. The summed E-state index contributed by atoms with van der Waals surface area (Å²) in [4.78, 5) is 0.217. The standard InChI is InChI=1S/C20H18ClNO3S/c1-25-18-10-7-9-17(14-18)22(15-16-8-5-6-13-20(16)21)26(23,24)19-11-3-2-4-12-19/h2-14H,15H2,1H3. The van der Waals surface area contributed by atoms with E-state index in [9.17, 15) is 8.42 Å². The van der Waals surface area contributed by atoms with Crippen molar-refractivity contribution in [2.45, 2.75) is 11.4 Å². The van der Waals surface area contributed by atoms with Gasteiger partial charge in [0.1, 0.15) is 5.75 Å². The molecular weight excluding hydrogens is 370 g/mol. The van der Waals surface area contributed by atoms with Crippen molar-refractivity contribution >= 4 is 27.3 Å². The highest BCUT2D eigenvalue weighted by Crippen LogP contribution is 2.30. The molecule has 0 aliphatic carbocycles. The SMILES string of the molecule is COc1cccc(N(Cc2ccccc2Cl)S(=O)(=O)c2ccccc2)c1. The van der Waals surface area contributed by atoms with Crippen LogP contribution in [0.4, 0.5) is 5.69 Å². The first kappa shape index (κ1) is 18.3. The largest absolute Gasteiger partial charge is 0.497 e. The summed E-state index contributed by atoms with van der Waals surface area (Å²) < 4.78 is 33.2. The lowest BCUT2D eigenvalue weighted by molar-refractivity contribution is 0.415. The van der Waals surface area contributed by atoms with Crippen LogP contribution in [-0.4, -0.2) is 15.5 Å². The molecule has 0 saturated carbocycles. The summed E-state index contributed by atoms with van der Waals surface area (Å²) in [5, 5.41) is 0.517. The number of hydrogen-bond donors (Lipinski definition) is 0. The van der Waals surface area contributed by atoms with Gasteiger partial charge in [0, 0.05) is 11.1 Å². The Bertz CT molecular complexity index is 991. The molecule has 0 saturated heterocycles. The van der Waals surface area contributed by atoms with E-state index in [2.05, 4.69) is 0 Å². The predicted molar refractivity (Wildman–Crippen MR) is 104 cm³/mol. The van der Waals surface area contributed by atoms with Gasteiger partial charge in [0.05, 0.1) is 24.2 Å². The van der Waals surface area contributed by atoms with Gasteiger partial charge >= 0.3 is 0 Å². The Morgan fingerprint density at radius 1 is 0.923 bits per heavy atom. The van der Waals surface area contributed by atoms with Crippen LogP contribution in [-0.2, 0) is 16.6 Å². The molecule has 134 valence electrons. The van der Waals surface area contributed by atoms with Gasteiger partial charge in [-0.2, -0.15) is 0 Å². The van der Waals surface area contributed by atoms with E-state index in [1.165, 1.54) is 4.31 Å². The molecule has 4 nitrogen and oxygen atoms in total. The van der Waals surface area contributed by atoms with Crippen molar-refractivity contribution < 1.29 is 13.2 Å². The van der Waals surface area contributed by atoms with Crippen molar-refractivity contribution in [3.8, 4) is 5.75 Å². The second-order valence-electron chi connectivity index (χ2n) is 5.62. The molecule has 6 heteroatoms. The van der Waals surface area contributed by atoms with E-state index in [-0.39, 0.29) is 11.4 Å². The Balaban J connectivity index is 2.11. The topological polar surface area (TPSA) is 46.6 Å². The smallest absolute Gasteiger partial charge is 0.264 e. The number of benzene rings is 3. The second-order valence-corrected chi connectivity index (χ2v) is 7.89. The molecule has 0 aliphatic heterocycles. The number of rotatable bonds is 6. The zero-order chi connectivity index (χ0) is 18.6. The zero-order valence-corrected chi connectivity index (χ0v) is 15.7. The van der Waals surface area contributed by atoms with E-state index in [1.807, 2.05) is 18.2 Å². The molecule has 0 fully saturated rings. The van der Waals surface area contributed by atoms with Crippen molar-refractivity contribution in [1.82, 2.24) is 0 Å². The molecule has 0 amide bonds. The molecule has 0 N–H and O–H groups in total. The van der Waals surface area contributed by atoms with E-state index in [1.54, 1.807) is 67.8 Å². The maximum Gasteiger partial charge on any atom is 0.264 e. The lowest BCUT2D eigenvalue weighted by atomic mass is 10.2. The van der Waals surface area contributed by atoms with Crippen LogP contribution < -0.4 is 9.04 Å². The summed E-state index contributed by atoms with van der Waals surface area (Å²) in [7, 11) is -2.23. The first-order valence-corrected chi connectivity index (χ1v) is 9.79. The van der Waals surface area contributed by atoms with E-state index in [0.717, 1.165) is 5.56 Å². The zero-order valence-electron chi connectivity index (χ0n) is 14.2. The van der Waals surface area contributed by atoms with Crippen LogP contribution in [0.15, 0.2) is 83.8 Å². The molecule has 3 aromatic carbocycles. The fourth-order valence-corrected chi connectivity index (χ4v) is 4.23. The maximum atomic E-state index is 13.3. The molecule has 0 aliphatic rings. The third-order valence-electron chi connectivity index (χ3n) is 3.94. The van der Waals surface area contributed by atoms with Gasteiger partial charge in [-0.25, -0.2) is 8.42 Å². The Hall–Kier alpha value is -2.50. The van der Waals surface area contributed by atoms with Crippen molar-refractivity contribution in [1.29, 1.82) is 0 Å². The minimum absolute atomic E-state index is 0.115. The Kier molecular flexibility index (Phi) is 5.49. The quantitative estimate of drug-likeness (QED) is 0.613. The highest BCUT2D eigenvalue weighted by Gasteiger charge is 2.26. The fraction of sp³-hybridized carbons (Fsp3) is 0.100. The monoisotopic (exact) mass is 387 g/mol. The van der Waals surface area contributed by atoms with Gasteiger partial charge in [-0.3, -0.25) is 4.31 Å². The summed E-state index contributed by atoms with van der Waals surface area (Å²) in [6.45, 7) is 0.115. The maximum absolute atomic E-state index is 13.3. The number of nitrogens with zero attached hydrogens (tertiary/aromatic N) is 1. The van der Waals surface area contributed by atoms with Crippen molar-refractivity contribution in [3.05, 3.63) is 89.4 Å². The van der Waals surface area contributed by atoms with Crippen molar-refractivity contribution in [2.24, 2.45) is 0 Å². The Morgan fingerprint density at radius 2 is 1.62 bits per heavy atom. The van der Waals surface area contributed by atoms with E-state index >= 15 is 0 Å². The third kappa shape index (κ3) is 3.84. The second kappa shape index (κ2) is 7.81. The summed E-state index contributed by atoms with van der Waals surface area (Å²) >= 11 is 6.26. The third-order valence-corrected chi connectivity index (χ3v) is 6.10. The lowest BCUT2D eigenvalue weighted by Gasteiger charge is -2.25. The van der Waals surface area contributed by atoms with Gasteiger partial charge in [-0.1, -0.05) is 54.1 Å². The summed E-state index contributed by atoms with van der Waals surface area (Å²) in [6, 6.07) is 22.5. The van der Waals surface area contributed by atoms with E-state index < -0.39 is 10.0 Å². The van der Waals surface area contributed by atoms with Crippen molar-refractivity contribution in [3.63, 3.8) is 0 Å². The summed E-state index contributed by atoms with van der Waals surface area (Å²) in [5.41, 5.74) is 1.23. The molecule has 0 radical (unpaired) electrons. The van der Waals surface area contributed by atoms with Crippen LogP contribution in [0.25, 0.3) is 0 Å². The van der Waals surface area contributed by atoms with E-state index in [4.69, 9.17) is 16.3 Å². The molecule has 3 rings (SSSR count). The first-order valence-electron chi connectivity index (χ1n) is 7.97. The molecule has 26 heavy (non-hydrogen) atoms. The van der Waals surface area contributed by atoms with Crippen LogP contribution in [0.2, 0.25) is 5.02 Å². The normalized spacial score (nSPS) is 11.2. The number of ether oxygens (including phenoxy) is 1. The molecule has 3 aromatic rings. The van der Waals surface area contributed by atoms with Crippen LogP contribution in [0, 0.1) is 0 Å². The highest BCUT2D eigenvalue weighted by atomic mass is 35.5. The number of anilines is 1. The number of methoxy groups -OCH3 is 1. The van der Waals surface area contributed by atoms with Crippen molar-refractivity contribution in [2.75, 3.05) is 11.4 Å². The van der Waals surface area contributed by atoms with Gasteiger partial charge in [-0.15, -0.1) is 0 Å². The first-order chi connectivity index (χ1) is 12.5. The van der Waals surface area contributed by atoms with Crippen LogP contribution >= 0.6 is 11.6 Å². The number of hydrogen-bond acceptors (Lipinski definition) is 3. The average Bonchev–Trinajstić information content (AvgIpc) is 2.68.